The van der Waals surface area contributed by atoms with Crippen LogP contribution in [-0.4, -0.2) is 49.1 Å². The molecule has 1 saturated heterocycles. The maximum atomic E-state index is 13.2. The van der Waals surface area contributed by atoms with Crippen molar-refractivity contribution in [2.75, 3.05) is 19.6 Å². The normalized spacial score (nSPS) is 14.9. The van der Waals surface area contributed by atoms with E-state index in [4.69, 9.17) is 0 Å². The van der Waals surface area contributed by atoms with Gasteiger partial charge < -0.3 is 10.2 Å². The van der Waals surface area contributed by atoms with Crippen molar-refractivity contribution in [2.24, 2.45) is 0 Å². The molecule has 0 saturated carbocycles. The van der Waals surface area contributed by atoms with Crippen LogP contribution >= 0.6 is 22.7 Å². The molecule has 3 heterocycles. The number of hydrogen-bond donors (Lipinski definition) is 1. The van der Waals surface area contributed by atoms with Crippen LogP contribution in [0.5, 0.6) is 0 Å². The van der Waals surface area contributed by atoms with Crippen molar-refractivity contribution in [2.45, 2.75) is 18.0 Å². The van der Waals surface area contributed by atoms with Crippen LogP contribution in [-0.2, 0) is 27.9 Å². The second-order valence-electron chi connectivity index (χ2n) is 7.03. The van der Waals surface area contributed by atoms with Crippen LogP contribution in [0.4, 0.5) is 0 Å². The highest BCUT2D eigenvalue weighted by molar-refractivity contribution is 7.89. The molecule has 0 radical (unpaired) electrons. The van der Waals surface area contributed by atoms with Crippen molar-refractivity contribution in [3.05, 3.63) is 74.6 Å². The molecule has 31 heavy (non-hydrogen) atoms. The number of thiophene rings is 2. The number of rotatable bonds is 7. The summed E-state index contributed by atoms with van der Waals surface area (Å²) >= 11 is 3.18. The lowest BCUT2D eigenvalue weighted by molar-refractivity contribution is -0.122. The van der Waals surface area contributed by atoms with E-state index in [1.54, 1.807) is 27.6 Å². The molecule has 7 nitrogen and oxygen atoms in total. The second-order valence-corrected chi connectivity index (χ2v) is 11.0. The monoisotopic (exact) mass is 475 g/mol. The molecular formula is C21H21N3O4S3. The predicted octanol–water partition coefficient (Wildman–Crippen LogP) is 2.77. The Morgan fingerprint density at radius 2 is 1.61 bits per heavy atom. The van der Waals surface area contributed by atoms with Crippen LogP contribution in [0.2, 0.25) is 0 Å². The van der Waals surface area contributed by atoms with Crippen LogP contribution in [0, 0.1) is 0 Å². The fraction of sp³-hybridized carbons (Fsp3) is 0.238. The van der Waals surface area contributed by atoms with Gasteiger partial charge in [-0.2, -0.15) is 4.31 Å². The first-order valence-electron chi connectivity index (χ1n) is 9.64. The minimum Gasteiger partial charge on any atom is -0.354 e. The molecule has 4 rings (SSSR count). The lowest BCUT2D eigenvalue weighted by Crippen LogP contribution is -2.49. The first kappa shape index (κ1) is 21.7. The van der Waals surface area contributed by atoms with Crippen molar-refractivity contribution in [1.82, 2.24) is 14.5 Å². The number of carbonyl (C=O) groups is 2. The van der Waals surface area contributed by atoms with E-state index in [1.807, 2.05) is 35.0 Å². The molecule has 0 unspecified atom stereocenters. The highest BCUT2D eigenvalue weighted by Crippen LogP contribution is 2.21. The van der Waals surface area contributed by atoms with E-state index < -0.39 is 10.0 Å². The molecule has 1 aliphatic heterocycles. The number of nitrogens with one attached hydrogen (secondary N) is 1. The quantitative estimate of drug-likeness (QED) is 0.569. The zero-order chi connectivity index (χ0) is 21.8. The minimum absolute atomic E-state index is 0.0711. The van der Waals surface area contributed by atoms with Gasteiger partial charge in [0.2, 0.25) is 15.9 Å². The van der Waals surface area contributed by atoms with E-state index in [9.17, 15) is 18.0 Å². The van der Waals surface area contributed by atoms with Gasteiger partial charge in [-0.3, -0.25) is 9.59 Å². The molecule has 2 aromatic heterocycles. The van der Waals surface area contributed by atoms with Gasteiger partial charge >= 0.3 is 0 Å². The summed E-state index contributed by atoms with van der Waals surface area (Å²) in [6, 6.07) is 13.8. The third-order valence-electron chi connectivity index (χ3n) is 4.88. The van der Waals surface area contributed by atoms with Gasteiger partial charge in [-0.15, -0.1) is 22.7 Å². The lowest BCUT2D eigenvalue weighted by Gasteiger charge is -2.26. The Morgan fingerprint density at radius 3 is 2.13 bits per heavy atom. The summed E-state index contributed by atoms with van der Waals surface area (Å²) in [5.74, 6) is -0.484. The Kier molecular flexibility index (Phi) is 6.51. The predicted molar refractivity (Wildman–Crippen MR) is 120 cm³/mol. The Hall–Kier alpha value is -2.53. The zero-order valence-electron chi connectivity index (χ0n) is 16.6. The molecule has 162 valence electrons. The van der Waals surface area contributed by atoms with E-state index in [-0.39, 0.29) is 36.3 Å². The zero-order valence-corrected chi connectivity index (χ0v) is 19.0. The molecule has 0 spiro atoms. The number of carbonyl (C=O) groups excluding carboxylic acids is 2. The molecule has 1 N–H and O–H groups in total. The summed E-state index contributed by atoms with van der Waals surface area (Å²) in [5.41, 5.74) is 0.420. The van der Waals surface area contributed by atoms with Gasteiger partial charge in [-0.05, 0) is 47.2 Å². The van der Waals surface area contributed by atoms with Crippen molar-refractivity contribution in [3.63, 3.8) is 0 Å². The number of piperazine rings is 1. The second kappa shape index (κ2) is 9.31. The lowest BCUT2D eigenvalue weighted by atomic mass is 10.2. The smallest absolute Gasteiger partial charge is 0.254 e. The Morgan fingerprint density at radius 1 is 1.00 bits per heavy atom. The average Bonchev–Trinajstić information content (AvgIpc) is 3.47. The maximum Gasteiger partial charge on any atom is 0.254 e. The summed E-state index contributed by atoms with van der Waals surface area (Å²) in [5, 5.41) is 6.57. The van der Waals surface area contributed by atoms with Gasteiger partial charge in [0.15, 0.2) is 0 Å². The van der Waals surface area contributed by atoms with E-state index >= 15 is 0 Å². The fourth-order valence-corrected chi connectivity index (χ4v) is 6.14. The number of hydrogen-bond acceptors (Lipinski definition) is 6. The minimum atomic E-state index is -3.79. The standard InChI is InChI=1S/C21H21N3O4S3/c25-20-15-24(10-9-22-20)31(27,28)19-7-5-16(6-8-19)21(26)23(13-17-3-1-11-29-17)14-18-4-2-12-30-18/h1-8,11-12H,9-10,13-15H2,(H,22,25). The molecule has 10 heteroatoms. The molecule has 1 aliphatic rings. The summed E-state index contributed by atoms with van der Waals surface area (Å²) in [4.78, 5) is 28.8. The molecular weight excluding hydrogens is 454 g/mol. The van der Waals surface area contributed by atoms with Crippen molar-refractivity contribution >= 4 is 44.5 Å². The van der Waals surface area contributed by atoms with Gasteiger partial charge in [0, 0.05) is 28.4 Å². The molecule has 0 aliphatic carbocycles. The van der Waals surface area contributed by atoms with Crippen molar-refractivity contribution < 1.29 is 18.0 Å². The first-order chi connectivity index (χ1) is 14.9. The summed E-state index contributed by atoms with van der Waals surface area (Å²) in [7, 11) is -3.79. The van der Waals surface area contributed by atoms with Crippen LogP contribution in [0.1, 0.15) is 20.1 Å². The molecule has 1 fully saturated rings. The van der Waals surface area contributed by atoms with Gasteiger partial charge in [0.05, 0.1) is 24.5 Å². The van der Waals surface area contributed by atoms with E-state index in [0.29, 0.717) is 18.7 Å². The van der Waals surface area contributed by atoms with Gasteiger partial charge in [0.25, 0.3) is 5.91 Å². The highest BCUT2D eigenvalue weighted by atomic mass is 32.2. The van der Waals surface area contributed by atoms with E-state index in [1.165, 1.54) is 24.3 Å². The molecule has 0 atom stereocenters. The maximum absolute atomic E-state index is 13.2. The summed E-state index contributed by atoms with van der Waals surface area (Å²) < 4.78 is 26.8. The number of benzene rings is 1. The van der Waals surface area contributed by atoms with Crippen LogP contribution < -0.4 is 5.32 Å². The fourth-order valence-electron chi connectivity index (χ4n) is 3.30. The number of sulfonamides is 1. The Labute approximate surface area is 189 Å². The van der Waals surface area contributed by atoms with E-state index in [0.717, 1.165) is 14.1 Å². The van der Waals surface area contributed by atoms with Gasteiger partial charge in [-0.1, -0.05) is 12.1 Å². The molecule has 2 amide bonds. The SMILES string of the molecule is O=C1CN(S(=O)(=O)c2ccc(C(=O)N(Cc3cccs3)Cc3cccs3)cc2)CCN1. The highest BCUT2D eigenvalue weighted by Gasteiger charge is 2.29. The van der Waals surface area contributed by atoms with Crippen molar-refractivity contribution in [1.29, 1.82) is 0 Å². The Balaban J connectivity index is 1.54. The topological polar surface area (TPSA) is 86.8 Å². The van der Waals surface area contributed by atoms with Gasteiger partial charge in [-0.25, -0.2) is 8.42 Å². The van der Waals surface area contributed by atoms with Crippen LogP contribution in [0.25, 0.3) is 0 Å². The Bertz CT molecular complexity index is 1100. The van der Waals surface area contributed by atoms with Crippen LogP contribution in [0.15, 0.2) is 64.2 Å². The van der Waals surface area contributed by atoms with Crippen molar-refractivity contribution in [3.8, 4) is 0 Å². The third-order valence-corrected chi connectivity index (χ3v) is 8.46. The first-order valence-corrected chi connectivity index (χ1v) is 12.8. The average molecular weight is 476 g/mol. The third kappa shape index (κ3) is 5.04. The van der Waals surface area contributed by atoms with E-state index in [2.05, 4.69) is 5.32 Å². The number of amides is 2. The summed E-state index contributed by atoms with van der Waals surface area (Å²) in [6.45, 7) is 1.28. The molecule has 1 aromatic carbocycles. The molecule has 0 bridgehead atoms. The largest absolute Gasteiger partial charge is 0.354 e. The van der Waals surface area contributed by atoms with Crippen LogP contribution in [0.3, 0.4) is 0 Å². The van der Waals surface area contributed by atoms with Gasteiger partial charge in [0.1, 0.15) is 0 Å². The summed E-state index contributed by atoms with van der Waals surface area (Å²) in [6.07, 6.45) is 0. The number of nitrogens with zero attached hydrogens (tertiary/aromatic N) is 2. The molecule has 3 aromatic rings.